The number of carbonyl (C=O) groups excluding carboxylic acids is 2. The number of rotatable bonds is 5. The molecule has 8 bridgehead atoms. The van der Waals surface area contributed by atoms with Crippen molar-refractivity contribution in [2.75, 3.05) is 7.11 Å². The molecule has 0 aromatic carbocycles. The molecule has 5 heterocycles. The molecule has 5 rings (SSSR count). The minimum atomic E-state index is -0.470. The van der Waals surface area contributed by atoms with Crippen LogP contribution in [-0.4, -0.2) is 41.9 Å². The average Bonchev–Trinajstić information content (AvgIpc) is 3.63. The molecule has 0 aromatic heterocycles. The molecule has 8 nitrogen and oxygen atoms in total. The smallest absolute Gasteiger partial charge is 0.340 e. The van der Waals surface area contributed by atoms with Crippen LogP contribution in [0.2, 0.25) is 0 Å². The molecule has 0 spiro atoms. The quantitative estimate of drug-likeness (QED) is 0.338. The highest BCUT2D eigenvalue weighted by molar-refractivity contribution is 6.23. The second-order valence-corrected chi connectivity index (χ2v) is 10.7. The molecule has 0 radical (unpaired) electrons. The molecule has 0 aromatic rings. The molecule has 0 saturated heterocycles. The molecule has 0 saturated carbocycles. The van der Waals surface area contributed by atoms with Gasteiger partial charge in [0, 0.05) is 6.92 Å². The third kappa shape index (κ3) is 4.65. The van der Waals surface area contributed by atoms with E-state index in [0.717, 1.165) is 63.4 Å². The Balaban J connectivity index is 1.90. The number of nitrogens with zero attached hydrogens (tertiary/aromatic N) is 4. The van der Waals surface area contributed by atoms with Gasteiger partial charge >= 0.3 is 11.9 Å². The van der Waals surface area contributed by atoms with Crippen molar-refractivity contribution in [1.29, 1.82) is 0 Å². The van der Waals surface area contributed by atoms with Gasteiger partial charge in [0.2, 0.25) is 0 Å². The lowest BCUT2D eigenvalue weighted by Gasteiger charge is -2.12. The minimum absolute atomic E-state index is 0.331. The zero-order valence-corrected chi connectivity index (χ0v) is 25.8. The van der Waals surface area contributed by atoms with Gasteiger partial charge in [-0.25, -0.2) is 24.8 Å². The van der Waals surface area contributed by atoms with Crippen molar-refractivity contribution in [1.82, 2.24) is 0 Å². The van der Waals surface area contributed by atoms with Crippen LogP contribution < -0.4 is 0 Å². The molecule has 8 heteroatoms. The van der Waals surface area contributed by atoms with Gasteiger partial charge in [-0.3, -0.25) is 4.79 Å². The summed E-state index contributed by atoms with van der Waals surface area (Å²) in [6.45, 7) is 15.5. The second-order valence-electron chi connectivity index (χ2n) is 10.7. The highest BCUT2D eigenvalue weighted by Crippen LogP contribution is 2.39. The van der Waals surface area contributed by atoms with E-state index in [0.29, 0.717) is 51.9 Å². The maximum atomic E-state index is 13.0. The van der Waals surface area contributed by atoms with Gasteiger partial charge in [0.05, 0.1) is 46.9 Å². The number of fused-ring (bicyclic) bond motifs is 4. The van der Waals surface area contributed by atoms with Crippen molar-refractivity contribution in [3.8, 4) is 0 Å². The third-order valence-electron chi connectivity index (χ3n) is 8.29. The highest BCUT2D eigenvalue weighted by Gasteiger charge is 2.33. The summed E-state index contributed by atoms with van der Waals surface area (Å²) in [5.41, 5.74) is 12.5. The first-order chi connectivity index (χ1) is 20.0. The lowest BCUT2D eigenvalue weighted by atomic mass is 9.97. The molecule has 216 valence electrons. The predicted molar refractivity (Wildman–Crippen MR) is 166 cm³/mol. The van der Waals surface area contributed by atoms with E-state index in [1.807, 2.05) is 45.9 Å². The molecule has 0 atom stereocenters. The summed E-state index contributed by atoms with van der Waals surface area (Å²) in [6.07, 6.45) is 7.96. The number of allylic oxidation sites excluding steroid dienone is 10. The molecule has 0 unspecified atom stereocenters. The van der Waals surface area contributed by atoms with Crippen LogP contribution in [0.1, 0.15) is 74.7 Å². The summed E-state index contributed by atoms with van der Waals surface area (Å²) < 4.78 is 11.1. The van der Waals surface area contributed by atoms with Crippen molar-refractivity contribution < 1.29 is 19.1 Å². The van der Waals surface area contributed by atoms with Crippen LogP contribution in [0, 0.1) is 0 Å². The van der Waals surface area contributed by atoms with Gasteiger partial charge in [0.15, 0.2) is 5.76 Å². The first-order valence-corrected chi connectivity index (χ1v) is 14.4. The molecule has 5 aliphatic rings. The van der Waals surface area contributed by atoms with E-state index in [9.17, 15) is 9.59 Å². The van der Waals surface area contributed by atoms with Gasteiger partial charge in [-0.05, 0) is 104 Å². The van der Waals surface area contributed by atoms with Gasteiger partial charge in [-0.1, -0.05) is 20.8 Å². The summed E-state index contributed by atoms with van der Waals surface area (Å²) >= 11 is 0. The van der Waals surface area contributed by atoms with E-state index in [1.165, 1.54) is 14.0 Å². The Morgan fingerprint density at radius 1 is 0.667 bits per heavy atom. The normalized spacial score (nSPS) is 20.1. The Hall–Kier alpha value is -4.46. The molecule has 0 N–H and O–H groups in total. The topological polar surface area (TPSA) is 102 Å². The van der Waals surface area contributed by atoms with Crippen molar-refractivity contribution >= 4 is 34.8 Å². The zero-order valence-electron chi connectivity index (χ0n) is 25.8. The molecule has 0 fully saturated rings. The monoisotopic (exact) mass is 564 g/mol. The van der Waals surface area contributed by atoms with E-state index in [4.69, 9.17) is 29.4 Å². The van der Waals surface area contributed by atoms with E-state index in [1.54, 1.807) is 0 Å². The standard InChI is InChI=1S/C34H36N4O4/c1-10-21-16(4)24-13-26-19(7)30(34(40)41-9)29(36-26)14-25-17(5)23(12-3)32(37-25)33(42-20(8)39)31-18(6)22(11-2)28(38-31)15-27(21)35-24/h13-15H,10-12H2,1-9H3. The van der Waals surface area contributed by atoms with Crippen molar-refractivity contribution in [2.45, 2.75) is 74.7 Å². The number of aliphatic imine (C=N–C) groups is 4. The van der Waals surface area contributed by atoms with Gasteiger partial charge < -0.3 is 9.47 Å². The largest absolute Gasteiger partial charge is 0.465 e. The number of hydrogen-bond acceptors (Lipinski definition) is 8. The lowest BCUT2D eigenvalue weighted by Crippen LogP contribution is -2.13. The number of hydrogen-bond donors (Lipinski definition) is 0. The molecule has 5 aliphatic heterocycles. The van der Waals surface area contributed by atoms with Crippen LogP contribution in [0.3, 0.4) is 0 Å². The summed E-state index contributed by atoms with van der Waals surface area (Å²) in [7, 11) is 1.36. The number of carbonyl (C=O) groups is 2. The average molecular weight is 565 g/mol. The number of esters is 2. The Kier molecular flexibility index (Phi) is 7.66. The van der Waals surface area contributed by atoms with Crippen LogP contribution in [0.25, 0.3) is 0 Å². The number of ether oxygens (including phenoxy) is 2. The fraction of sp³-hybridized carbons (Fsp3) is 0.353. The Morgan fingerprint density at radius 2 is 1.26 bits per heavy atom. The molecular formula is C34H36N4O4. The van der Waals surface area contributed by atoms with E-state index >= 15 is 0 Å². The second kappa shape index (κ2) is 11.1. The molecular weight excluding hydrogens is 528 g/mol. The summed E-state index contributed by atoms with van der Waals surface area (Å²) in [6, 6.07) is 0. The van der Waals surface area contributed by atoms with E-state index in [2.05, 4.69) is 20.8 Å². The van der Waals surface area contributed by atoms with Gasteiger partial charge in [0.25, 0.3) is 0 Å². The van der Waals surface area contributed by atoms with Gasteiger partial charge in [-0.15, -0.1) is 0 Å². The van der Waals surface area contributed by atoms with Crippen LogP contribution in [-0.2, 0) is 19.1 Å². The predicted octanol–water partition coefficient (Wildman–Crippen LogP) is 6.91. The van der Waals surface area contributed by atoms with Gasteiger partial charge in [0.1, 0.15) is 11.4 Å². The zero-order chi connectivity index (χ0) is 30.5. The third-order valence-corrected chi connectivity index (χ3v) is 8.29. The van der Waals surface area contributed by atoms with Crippen molar-refractivity contribution in [3.05, 3.63) is 91.4 Å². The molecule has 0 amide bonds. The number of methoxy groups -OCH3 is 1. The fourth-order valence-corrected chi connectivity index (χ4v) is 6.03. The van der Waals surface area contributed by atoms with Gasteiger partial charge in [-0.2, -0.15) is 0 Å². The van der Waals surface area contributed by atoms with E-state index < -0.39 is 11.9 Å². The minimum Gasteiger partial charge on any atom is -0.465 e. The Bertz CT molecular complexity index is 1740. The van der Waals surface area contributed by atoms with E-state index in [-0.39, 0.29) is 0 Å². The Morgan fingerprint density at radius 3 is 1.88 bits per heavy atom. The highest BCUT2D eigenvalue weighted by atomic mass is 16.5. The summed E-state index contributed by atoms with van der Waals surface area (Å²) in [4.78, 5) is 45.4. The SMILES string of the molecule is CCC1=C(C)C2=NC1=CC1=NC(=CC3=NC(=CC4=NC(=C2OC(C)=O)C(CC)=C4C)C(C(=O)OC)=C3C)C(C)=C1CC. The van der Waals surface area contributed by atoms with Crippen LogP contribution >= 0.6 is 0 Å². The van der Waals surface area contributed by atoms with Crippen LogP contribution in [0.15, 0.2) is 111 Å². The Labute approximate surface area is 246 Å². The maximum absolute atomic E-state index is 13.0. The van der Waals surface area contributed by atoms with Crippen molar-refractivity contribution in [2.24, 2.45) is 20.0 Å². The first kappa shape index (κ1) is 29.0. The summed E-state index contributed by atoms with van der Waals surface area (Å²) in [5.74, 6) is -0.591. The van der Waals surface area contributed by atoms with Crippen LogP contribution in [0.4, 0.5) is 0 Å². The lowest BCUT2D eigenvalue weighted by molar-refractivity contribution is -0.137. The van der Waals surface area contributed by atoms with Crippen molar-refractivity contribution in [3.63, 3.8) is 0 Å². The fourth-order valence-electron chi connectivity index (χ4n) is 6.03. The first-order valence-electron chi connectivity index (χ1n) is 14.4. The molecule has 0 aliphatic carbocycles. The van der Waals surface area contributed by atoms with Crippen LogP contribution in [0.5, 0.6) is 0 Å². The maximum Gasteiger partial charge on any atom is 0.340 e. The summed E-state index contributed by atoms with van der Waals surface area (Å²) in [5, 5.41) is 0. The molecule has 42 heavy (non-hydrogen) atoms.